The second-order valence-corrected chi connectivity index (χ2v) is 12.2. The maximum absolute atomic E-state index is 14.3. The number of hydrogen-bond donors (Lipinski definition) is 1. The van der Waals surface area contributed by atoms with Crippen LogP contribution in [0.3, 0.4) is 0 Å². The summed E-state index contributed by atoms with van der Waals surface area (Å²) in [7, 11) is 1.76. The van der Waals surface area contributed by atoms with Gasteiger partial charge in [-0.15, -0.1) is 16.9 Å². The van der Waals surface area contributed by atoms with Crippen LogP contribution in [0.4, 0.5) is 0 Å². The lowest BCUT2D eigenvalue weighted by Gasteiger charge is -2.36. The summed E-state index contributed by atoms with van der Waals surface area (Å²) in [5, 5.41) is 18.0. The molecule has 6 rings (SSSR count). The number of hydrogen-bond acceptors (Lipinski definition) is 7. The highest BCUT2D eigenvalue weighted by molar-refractivity contribution is 8.02. The maximum atomic E-state index is 14.3. The van der Waals surface area contributed by atoms with Crippen molar-refractivity contribution in [2.75, 3.05) is 33.3 Å². The molecule has 3 amide bonds. The second-order valence-electron chi connectivity index (χ2n) is 10.4. The molecule has 2 aromatic rings. The third-order valence-corrected chi connectivity index (χ3v) is 9.92. The molecule has 5 heterocycles. The fourth-order valence-electron chi connectivity index (χ4n) is 6.48. The molecule has 0 aliphatic carbocycles. The zero-order valence-corrected chi connectivity index (χ0v) is 21.7. The van der Waals surface area contributed by atoms with Gasteiger partial charge >= 0.3 is 0 Å². The van der Waals surface area contributed by atoms with E-state index in [1.54, 1.807) is 38.2 Å². The first kappa shape index (κ1) is 24.2. The summed E-state index contributed by atoms with van der Waals surface area (Å²) in [4.78, 5) is 47.0. The lowest BCUT2D eigenvalue weighted by atomic mass is 9.74. The van der Waals surface area contributed by atoms with Gasteiger partial charge in [-0.25, -0.2) is 4.68 Å². The fraction of sp³-hybridized carbons (Fsp3) is 0.500. The molecular formula is C26H30N6O4S. The number of likely N-dealkylation sites (N-methyl/N-ethyl adjacent to an activating group) is 1. The molecule has 1 aromatic carbocycles. The largest absolute Gasteiger partial charge is 0.396 e. The Balaban J connectivity index is 1.42. The van der Waals surface area contributed by atoms with Crippen molar-refractivity contribution in [3.8, 4) is 0 Å². The van der Waals surface area contributed by atoms with E-state index in [-0.39, 0.29) is 37.5 Å². The van der Waals surface area contributed by atoms with Crippen LogP contribution in [0.1, 0.15) is 13.3 Å². The van der Waals surface area contributed by atoms with Crippen molar-refractivity contribution in [2.24, 2.45) is 11.8 Å². The molecule has 194 valence electrons. The summed E-state index contributed by atoms with van der Waals surface area (Å²) in [5.41, 5.74) is 1.56. The zero-order chi connectivity index (χ0) is 25.9. The first-order valence-corrected chi connectivity index (χ1v) is 13.4. The number of carbonyl (C=O) groups is 3. The topological polar surface area (TPSA) is 112 Å². The SMILES string of the molecule is CN1CC=C[C@]2(C)S[C@]34C=CCN(Cn5nnc6ccccc65)C(=O)C3N(CCCO)C(=O)[C@@H]4[C@@H]2C1=O. The maximum Gasteiger partial charge on any atom is 0.248 e. The Hall–Kier alpha value is -3.18. The van der Waals surface area contributed by atoms with Crippen molar-refractivity contribution in [1.82, 2.24) is 29.7 Å². The van der Waals surface area contributed by atoms with Gasteiger partial charge in [-0.2, -0.15) is 0 Å². The number of likely N-dealkylation sites (tertiary alicyclic amines) is 1. The highest BCUT2D eigenvalue weighted by atomic mass is 32.2. The van der Waals surface area contributed by atoms with E-state index in [4.69, 9.17) is 0 Å². The number of amides is 3. The highest BCUT2D eigenvalue weighted by Gasteiger charge is 2.73. The second kappa shape index (κ2) is 8.70. The molecular weight excluding hydrogens is 492 g/mol. The van der Waals surface area contributed by atoms with Gasteiger partial charge in [0, 0.05) is 38.0 Å². The van der Waals surface area contributed by atoms with Gasteiger partial charge in [-0.3, -0.25) is 14.4 Å². The van der Waals surface area contributed by atoms with E-state index in [2.05, 4.69) is 10.3 Å². The van der Waals surface area contributed by atoms with Gasteiger partial charge in [0.05, 0.1) is 22.1 Å². The van der Waals surface area contributed by atoms with Gasteiger partial charge < -0.3 is 19.8 Å². The van der Waals surface area contributed by atoms with Crippen LogP contribution in [-0.4, -0.2) is 101 Å². The number of fused-ring (bicyclic) bond motifs is 3. The van der Waals surface area contributed by atoms with Gasteiger partial charge in [-0.05, 0) is 25.5 Å². The number of benzene rings is 1. The molecule has 4 aliphatic rings. The molecule has 1 unspecified atom stereocenters. The molecule has 5 atom stereocenters. The Labute approximate surface area is 218 Å². The zero-order valence-electron chi connectivity index (χ0n) is 20.9. The summed E-state index contributed by atoms with van der Waals surface area (Å²) in [6.07, 6.45) is 8.34. The van der Waals surface area contributed by atoms with E-state index >= 15 is 0 Å². The number of carbonyl (C=O) groups excluding carboxylic acids is 3. The number of aliphatic hydroxyl groups excluding tert-OH is 1. The lowest BCUT2D eigenvalue weighted by molar-refractivity contribution is -0.145. The first-order valence-electron chi connectivity index (χ1n) is 12.6. The lowest BCUT2D eigenvalue weighted by Crippen LogP contribution is -2.53. The normalized spacial score (nSPS) is 33.1. The van der Waals surface area contributed by atoms with Crippen molar-refractivity contribution in [3.05, 3.63) is 48.6 Å². The van der Waals surface area contributed by atoms with E-state index in [0.29, 0.717) is 19.5 Å². The molecule has 0 radical (unpaired) electrons. The van der Waals surface area contributed by atoms with Gasteiger partial charge in [0.2, 0.25) is 17.7 Å². The van der Waals surface area contributed by atoms with Crippen LogP contribution in [0, 0.1) is 11.8 Å². The van der Waals surface area contributed by atoms with Crippen LogP contribution in [0.2, 0.25) is 0 Å². The Bertz CT molecular complexity index is 1340. The van der Waals surface area contributed by atoms with Crippen LogP contribution < -0.4 is 0 Å². The highest BCUT2D eigenvalue weighted by Crippen LogP contribution is 2.65. The molecule has 0 bridgehead atoms. The average Bonchev–Trinajstić information content (AvgIpc) is 3.41. The molecule has 2 fully saturated rings. The van der Waals surface area contributed by atoms with Gasteiger partial charge in [0.25, 0.3) is 0 Å². The van der Waals surface area contributed by atoms with E-state index < -0.39 is 27.4 Å². The van der Waals surface area contributed by atoms with E-state index in [1.807, 2.05) is 55.5 Å². The summed E-state index contributed by atoms with van der Waals surface area (Å²) >= 11 is 1.56. The minimum Gasteiger partial charge on any atom is -0.396 e. The molecule has 11 heteroatoms. The van der Waals surface area contributed by atoms with Gasteiger partial charge in [0.1, 0.15) is 18.2 Å². The van der Waals surface area contributed by atoms with Crippen molar-refractivity contribution >= 4 is 40.5 Å². The summed E-state index contributed by atoms with van der Waals surface area (Å²) in [6.45, 7) is 3.20. The van der Waals surface area contributed by atoms with Crippen LogP contribution in [0.25, 0.3) is 11.0 Å². The monoisotopic (exact) mass is 522 g/mol. The fourth-order valence-corrected chi connectivity index (χ4v) is 8.64. The molecule has 10 nitrogen and oxygen atoms in total. The third-order valence-electron chi connectivity index (χ3n) is 8.12. The Morgan fingerprint density at radius 1 is 1.05 bits per heavy atom. The molecule has 1 N–H and O–H groups in total. The van der Waals surface area contributed by atoms with Gasteiger partial charge in [-0.1, -0.05) is 41.7 Å². The molecule has 1 spiro atoms. The van der Waals surface area contributed by atoms with Crippen molar-refractivity contribution < 1.29 is 19.5 Å². The number of rotatable bonds is 5. The predicted octanol–water partition coefficient (Wildman–Crippen LogP) is 0.885. The Kier molecular flexibility index (Phi) is 5.68. The van der Waals surface area contributed by atoms with Gasteiger partial charge in [0.15, 0.2) is 0 Å². The predicted molar refractivity (Wildman–Crippen MR) is 138 cm³/mol. The minimum atomic E-state index is -0.888. The standard InChI is InChI=1S/C26H30N6O4S/c1-25-10-5-12-29(2)22(34)19(25)20-23(35)31(14-7-15-33)21-24(36)30(13-6-11-26(20,21)37-25)16-32-18-9-4-3-8-17(18)27-28-32/h3-6,8-11,19-21,33H,7,12-16H2,1-2H3/t19-,20+,21?,25+,26+/m1/s1. The molecule has 37 heavy (non-hydrogen) atoms. The van der Waals surface area contributed by atoms with Crippen molar-refractivity contribution in [1.29, 1.82) is 0 Å². The quantitative estimate of drug-likeness (QED) is 0.581. The van der Waals surface area contributed by atoms with E-state index in [1.165, 1.54) is 0 Å². The number of aliphatic hydroxyl groups is 1. The summed E-state index contributed by atoms with van der Waals surface area (Å²) in [6, 6.07) is 6.79. The number of thioether (sulfide) groups is 1. The number of nitrogens with zero attached hydrogens (tertiary/aromatic N) is 6. The van der Waals surface area contributed by atoms with Crippen molar-refractivity contribution in [3.63, 3.8) is 0 Å². The third kappa shape index (κ3) is 3.47. The van der Waals surface area contributed by atoms with E-state index in [9.17, 15) is 19.5 Å². The molecule has 4 aliphatic heterocycles. The summed E-state index contributed by atoms with van der Waals surface area (Å²) < 4.78 is 0.186. The molecule has 0 saturated carbocycles. The van der Waals surface area contributed by atoms with Crippen molar-refractivity contribution in [2.45, 2.75) is 35.5 Å². The Morgan fingerprint density at radius 3 is 2.65 bits per heavy atom. The van der Waals surface area contributed by atoms with Crippen LogP contribution in [0.15, 0.2) is 48.6 Å². The Morgan fingerprint density at radius 2 is 1.84 bits per heavy atom. The minimum absolute atomic E-state index is 0.0750. The average molecular weight is 523 g/mol. The van der Waals surface area contributed by atoms with Crippen LogP contribution in [-0.2, 0) is 21.1 Å². The number of para-hydroxylation sites is 1. The first-order chi connectivity index (χ1) is 17.8. The molecule has 1 aromatic heterocycles. The summed E-state index contributed by atoms with van der Waals surface area (Å²) in [5.74, 6) is -1.71. The number of aromatic nitrogens is 3. The van der Waals surface area contributed by atoms with Crippen LogP contribution >= 0.6 is 11.8 Å². The molecule has 2 saturated heterocycles. The van der Waals surface area contributed by atoms with Crippen LogP contribution in [0.5, 0.6) is 0 Å². The smallest absolute Gasteiger partial charge is 0.248 e. The van der Waals surface area contributed by atoms with E-state index in [0.717, 1.165) is 11.0 Å².